The van der Waals surface area contributed by atoms with Crippen molar-refractivity contribution in [3.8, 4) is 5.75 Å². The second-order valence-corrected chi connectivity index (χ2v) is 7.29. The molecule has 1 N–H and O–H groups in total. The number of rotatable bonds is 8. The van der Waals surface area contributed by atoms with Crippen LogP contribution in [-0.2, 0) is 11.3 Å². The van der Waals surface area contributed by atoms with E-state index in [0.717, 1.165) is 0 Å². The van der Waals surface area contributed by atoms with E-state index in [9.17, 15) is 4.79 Å². The monoisotopic (exact) mass is 359 g/mol. The van der Waals surface area contributed by atoms with Crippen LogP contribution in [0.4, 0.5) is 0 Å². The Bertz CT molecular complexity index is 749. The van der Waals surface area contributed by atoms with Gasteiger partial charge in [0.1, 0.15) is 5.75 Å². The van der Waals surface area contributed by atoms with Gasteiger partial charge in [-0.15, -0.1) is 0 Å². The summed E-state index contributed by atoms with van der Waals surface area (Å²) in [6.07, 6.45) is 5.05. The van der Waals surface area contributed by atoms with Crippen LogP contribution in [0.15, 0.2) is 30.3 Å². The first kappa shape index (κ1) is 16.5. The molecule has 25 heavy (non-hydrogen) atoms. The SMILES string of the molecule is O=C(COc1ccc(Cl)cc1)NCCn1nc(C2CC2)cc1C1CC1. The van der Waals surface area contributed by atoms with Crippen LogP contribution in [0.1, 0.15) is 48.9 Å². The van der Waals surface area contributed by atoms with Crippen molar-refractivity contribution in [3.05, 3.63) is 46.7 Å². The van der Waals surface area contributed by atoms with Gasteiger partial charge < -0.3 is 10.1 Å². The average molecular weight is 360 g/mol. The Morgan fingerprint density at radius 1 is 1.20 bits per heavy atom. The molecule has 2 aromatic rings. The van der Waals surface area contributed by atoms with E-state index in [1.165, 1.54) is 37.1 Å². The van der Waals surface area contributed by atoms with Gasteiger partial charge in [-0.05, 0) is 56.0 Å². The number of ether oxygens (including phenoxy) is 1. The summed E-state index contributed by atoms with van der Waals surface area (Å²) in [7, 11) is 0. The molecule has 0 atom stereocenters. The van der Waals surface area contributed by atoms with Gasteiger partial charge >= 0.3 is 0 Å². The highest BCUT2D eigenvalue weighted by Gasteiger charge is 2.32. The molecule has 0 spiro atoms. The fourth-order valence-electron chi connectivity index (χ4n) is 2.95. The lowest BCUT2D eigenvalue weighted by Crippen LogP contribution is -2.32. The second-order valence-electron chi connectivity index (χ2n) is 6.86. The predicted molar refractivity (Wildman–Crippen MR) is 96.1 cm³/mol. The van der Waals surface area contributed by atoms with E-state index < -0.39 is 0 Å². The maximum atomic E-state index is 11.9. The number of amides is 1. The number of benzene rings is 1. The largest absolute Gasteiger partial charge is 0.484 e. The summed E-state index contributed by atoms with van der Waals surface area (Å²) in [4.78, 5) is 11.9. The molecule has 2 saturated carbocycles. The molecule has 2 fully saturated rings. The zero-order valence-electron chi connectivity index (χ0n) is 14.1. The summed E-state index contributed by atoms with van der Waals surface area (Å²) in [6, 6.07) is 9.26. The number of nitrogens with one attached hydrogen (secondary N) is 1. The van der Waals surface area contributed by atoms with Crippen LogP contribution < -0.4 is 10.1 Å². The molecule has 0 saturated heterocycles. The molecule has 0 aliphatic heterocycles. The Labute approximate surface area is 152 Å². The van der Waals surface area contributed by atoms with Crippen molar-refractivity contribution in [2.24, 2.45) is 0 Å². The Hall–Kier alpha value is -2.01. The molecule has 0 radical (unpaired) electrons. The lowest BCUT2D eigenvalue weighted by Gasteiger charge is -2.09. The van der Waals surface area contributed by atoms with Crippen LogP contribution >= 0.6 is 11.6 Å². The van der Waals surface area contributed by atoms with E-state index in [4.69, 9.17) is 21.4 Å². The third-order valence-electron chi connectivity index (χ3n) is 4.65. The Morgan fingerprint density at radius 2 is 1.92 bits per heavy atom. The first-order valence-electron chi connectivity index (χ1n) is 8.92. The molecule has 4 rings (SSSR count). The maximum Gasteiger partial charge on any atom is 0.258 e. The molecule has 132 valence electrons. The summed E-state index contributed by atoms with van der Waals surface area (Å²) >= 11 is 5.82. The molecule has 1 aromatic carbocycles. The Morgan fingerprint density at radius 3 is 2.60 bits per heavy atom. The Kier molecular flexibility index (Phi) is 4.66. The van der Waals surface area contributed by atoms with Crippen molar-refractivity contribution >= 4 is 17.5 Å². The number of hydrogen-bond donors (Lipinski definition) is 1. The van der Waals surface area contributed by atoms with E-state index in [1.807, 2.05) is 0 Å². The normalized spacial score (nSPS) is 16.7. The highest BCUT2D eigenvalue weighted by molar-refractivity contribution is 6.30. The smallest absolute Gasteiger partial charge is 0.258 e. The van der Waals surface area contributed by atoms with Crippen LogP contribution in [0.3, 0.4) is 0 Å². The number of aromatic nitrogens is 2. The third kappa shape index (κ3) is 4.34. The van der Waals surface area contributed by atoms with Gasteiger partial charge in [-0.1, -0.05) is 11.6 Å². The van der Waals surface area contributed by atoms with Crippen molar-refractivity contribution in [1.29, 1.82) is 0 Å². The molecular weight excluding hydrogens is 338 g/mol. The topological polar surface area (TPSA) is 56.1 Å². The molecule has 5 nitrogen and oxygen atoms in total. The highest BCUT2D eigenvalue weighted by Crippen LogP contribution is 2.44. The van der Waals surface area contributed by atoms with Crippen molar-refractivity contribution < 1.29 is 9.53 Å². The van der Waals surface area contributed by atoms with Crippen LogP contribution in [0.5, 0.6) is 5.75 Å². The van der Waals surface area contributed by atoms with Gasteiger partial charge in [0.25, 0.3) is 5.91 Å². The average Bonchev–Trinajstić information content (AvgIpc) is 3.53. The summed E-state index contributed by atoms with van der Waals surface area (Å²) in [5.41, 5.74) is 2.58. The lowest BCUT2D eigenvalue weighted by molar-refractivity contribution is -0.123. The minimum Gasteiger partial charge on any atom is -0.484 e. The minimum absolute atomic E-state index is 0.00352. The highest BCUT2D eigenvalue weighted by atomic mass is 35.5. The summed E-state index contributed by atoms with van der Waals surface area (Å²) in [5.74, 6) is 1.85. The molecule has 1 amide bonds. The van der Waals surface area contributed by atoms with Crippen molar-refractivity contribution in [1.82, 2.24) is 15.1 Å². The number of carbonyl (C=O) groups is 1. The number of carbonyl (C=O) groups excluding carboxylic acids is 1. The van der Waals surface area contributed by atoms with E-state index in [2.05, 4.69) is 16.1 Å². The number of nitrogens with zero attached hydrogens (tertiary/aromatic N) is 2. The zero-order valence-corrected chi connectivity index (χ0v) is 14.8. The fourth-order valence-corrected chi connectivity index (χ4v) is 3.08. The van der Waals surface area contributed by atoms with E-state index >= 15 is 0 Å². The summed E-state index contributed by atoms with van der Waals surface area (Å²) in [6.45, 7) is 1.28. The van der Waals surface area contributed by atoms with Crippen LogP contribution in [-0.4, -0.2) is 28.8 Å². The molecule has 0 bridgehead atoms. The molecular formula is C19H22ClN3O2. The van der Waals surface area contributed by atoms with Gasteiger partial charge in [0.15, 0.2) is 6.61 Å². The standard InChI is InChI=1S/C19H22ClN3O2/c20-15-5-7-16(8-6-15)25-12-19(24)21-9-10-23-18(14-3-4-14)11-17(22-23)13-1-2-13/h5-8,11,13-14H,1-4,9-10,12H2,(H,21,24). The van der Waals surface area contributed by atoms with Crippen molar-refractivity contribution in [2.75, 3.05) is 13.2 Å². The van der Waals surface area contributed by atoms with Gasteiger partial charge in [0.05, 0.1) is 12.2 Å². The van der Waals surface area contributed by atoms with Gasteiger partial charge in [0.2, 0.25) is 0 Å². The summed E-state index contributed by atoms with van der Waals surface area (Å²) in [5, 5.41) is 8.30. The first-order valence-corrected chi connectivity index (χ1v) is 9.29. The van der Waals surface area contributed by atoms with Crippen molar-refractivity contribution in [3.63, 3.8) is 0 Å². The van der Waals surface area contributed by atoms with Crippen LogP contribution in [0.25, 0.3) is 0 Å². The summed E-state index contributed by atoms with van der Waals surface area (Å²) < 4.78 is 7.54. The maximum absolute atomic E-state index is 11.9. The molecule has 1 heterocycles. The van der Waals surface area contributed by atoms with E-state index in [1.54, 1.807) is 24.3 Å². The quantitative estimate of drug-likeness (QED) is 0.785. The van der Waals surface area contributed by atoms with Crippen LogP contribution in [0.2, 0.25) is 5.02 Å². The lowest BCUT2D eigenvalue weighted by atomic mass is 10.2. The van der Waals surface area contributed by atoms with E-state index in [-0.39, 0.29) is 12.5 Å². The van der Waals surface area contributed by atoms with Gasteiger partial charge in [-0.25, -0.2) is 0 Å². The van der Waals surface area contributed by atoms with Gasteiger partial charge in [-0.2, -0.15) is 5.10 Å². The van der Waals surface area contributed by atoms with Gasteiger partial charge in [-0.3, -0.25) is 9.48 Å². The Balaban J connectivity index is 1.24. The molecule has 1 aromatic heterocycles. The first-order chi connectivity index (χ1) is 12.2. The zero-order chi connectivity index (χ0) is 17.2. The number of hydrogen-bond acceptors (Lipinski definition) is 3. The molecule has 0 unspecified atom stereocenters. The van der Waals surface area contributed by atoms with Gasteiger partial charge in [0, 0.05) is 29.1 Å². The third-order valence-corrected chi connectivity index (χ3v) is 4.90. The van der Waals surface area contributed by atoms with E-state index in [0.29, 0.717) is 35.7 Å². The predicted octanol–water partition coefficient (Wildman–Crippen LogP) is 3.49. The second kappa shape index (κ2) is 7.08. The van der Waals surface area contributed by atoms with Crippen molar-refractivity contribution in [2.45, 2.75) is 44.1 Å². The fraction of sp³-hybridized carbons (Fsp3) is 0.474. The van der Waals surface area contributed by atoms with Crippen LogP contribution in [0, 0.1) is 0 Å². The molecule has 2 aliphatic carbocycles. The molecule has 2 aliphatic rings. The minimum atomic E-state index is -0.127. The number of halogens is 1. The molecule has 6 heteroatoms.